The predicted molar refractivity (Wildman–Crippen MR) is 76.4 cm³/mol. The summed E-state index contributed by atoms with van der Waals surface area (Å²) < 4.78 is 0. The number of rotatable bonds is 6. The first-order valence-corrected chi connectivity index (χ1v) is 6.72. The van der Waals surface area contributed by atoms with Crippen LogP contribution in [0.1, 0.15) is 45.2 Å². The third kappa shape index (κ3) is 5.36. The van der Waals surface area contributed by atoms with E-state index in [2.05, 4.69) is 64.2 Å². The summed E-state index contributed by atoms with van der Waals surface area (Å²) in [5.74, 6) is 0. The molecule has 0 saturated carbocycles. The highest BCUT2D eigenvalue weighted by Crippen LogP contribution is 2.27. The molecule has 1 aromatic carbocycles. The second kappa shape index (κ2) is 6.20. The molecule has 0 aliphatic rings. The SMILES string of the molecule is CCNC(C)CC(C)(C)Cc1cccc(C)c1. The van der Waals surface area contributed by atoms with Gasteiger partial charge in [-0.3, -0.25) is 0 Å². The van der Waals surface area contributed by atoms with E-state index in [9.17, 15) is 0 Å². The Morgan fingerprint density at radius 1 is 1.29 bits per heavy atom. The van der Waals surface area contributed by atoms with Gasteiger partial charge in [0.2, 0.25) is 0 Å². The minimum atomic E-state index is 0.357. The van der Waals surface area contributed by atoms with E-state index in [1.165, 1.54) is 17.5 Å². The lowest BCUT2D eigenvalue weighted by molar-refractivity contribution is 0.289. The van der Waals surface area contributed by atoms with Crippen LogP contribution >= 0.6 is 0 Å². The average Bonchev–Trinajstić information content (AvgIpc) is 2.15. The van der Waals surface area contributed by atoms with Crippen molar-refractivity contribution >= 4 is 0 Å². The highest BCUT2D eigenvalue weighted by molar-refractivity contribution is 5.23. The molecule has 0 saturated heterocycles. The van der Waals surface area contributed by atoms with Crippen molar-refractivity contribution in [3.63, 3.8) is 0 Å². The molecular formula is C16H27N. The molecule has 1 N–H and O–H groups in total. The van der Waals surface area contributed by atoms with E-state index >= 15 is 0 Å². The van der Waals surface area contributed by atoms with Gasteiger partial charge in [-0.05, 0) is 44.2 Å². The zero-order valence-corrected chi connectivity index (χ0v) is 12.0. The van der Waals surface area contributed by atoms with Crippen LogP contribution in [0, 0.1) is 12.3 Å². The standard InChI is InChI=1S/C16H27N/c1-6-17-14(3)11-16(4,5)12-15-9-7-8-13(2)10-15/h7-10,14,17H,6,11-12H2,1-5H3. The van der Waals surface area contributed by atoms with Crippen LogP contribution in [-0.4, -0.2) is 12.6 Å². The largest absolute Gasteiger partial charge is 0.315 e. The van der Waals surface area contributed by atoms with E-state index in [1.807, 2.05) is 0 Å². The Bertz CT molecular complexity index is 341. The molecule has 1 unspecified atom stereocenters. The van der Waals surface area contributed by atoms with Gasteiger partial charge in [-0.1, -0.05) is 50.6 Å². The molecule has 0 spiro atoms. The fraction of sp³-hybridized carbons (Fsp3) is 0.625. The van der Waals surface area contributed by atoms with Gasteiger partial charge in [0.05, 0.1) is 0 Å². The van der Waals surface area contributed by atoms with Crippen molar-refractivity contribution in [3.05, 3.63) is 35.4 Å². The van der Waals surface area contributed by atoms with E-state index in [-0.39, 0.29) is 0 Å². The second-order valence-electron chi connectivity index (χ2n) is 5.99. The molecule has 1 atom stereocenters. The maximum Gasteiger partial charge on any atom is 0.00438 e. The van der Waals surface area contributed by atoms with Gasteiger partial charge in [-0.2, -0.15) is 0 Å². The van der Waals surface area contributed by atoms with Gasteiger partial charge in [-0.25, -0.2) is 0 Å². The molecule has 1 aromatic rings. The third-order valence-electron chi connectivity index (χ3n) is 3.18. The summed E-state index contributed by atoms with van der Waals surface area (Å²) in [7, 11) is 0. The molecule has 1 rings (SSSR count). The minimum Gasteiger partial charge on any atom is -0.315 e. The summed E-state index contributed by atoms with van der Waals surface area (Å²) in [6.45, 7) is 12.4. The van der Waals surface area contributed by atoms with Gasteiger partial charge >= 0.3 is 0 Å². The van der Waals surface area contributed by atoms with Crippen LogP contribution in [0.15, 0.2) is 24.3 Å². The van der Waals surface area contributed by atoms with Crippen molar-refractivity contribution in [2.45, 2.75) is 53.5 Å². The lowest BCUT2D eigenvalue weighted by atomic mass is 9.80. The first-order valence-electron chi connectivity index (χ1n) is 6.72. The number of hydrogen-bond acceptors (Lipinski definition) is 1. The van der Waals surface area contributed by atoms with E-state index in [4.69, 9.17) is 0 Å². The van der Waals surface area contributed by atoms with E-state index in [1.54, 1.807) is 0 Å². The average molecular weight is 233 g/mol. The fourth-order valence-corrected chi connectivity index (χ4v) is 2.70. The van der Waals surface area contributed by atoms with Gasteiger partial charge in [0.25, 0.3) is 0 Å². The molecule has 96 valence electrons. The Morgan fingerprint density at radius 2 is 2.00 bits per heavy atom. The fourth-order valence-electron chi connectivity index (χ4n) is 2.70. The molecule has 0 aromatic heterocycles. The maximum absolute atomic E-state index is 3.50. The zero-order valence-electron chi connectivity index (χ0n) is 12.0. The van der Waals surface area contributed by atoms with Crippen LogP contribution in [0.3, 0.4) is 0 Å². The van der Waals surface area contributed by atoms with Crippen LogP contribution in [0.5, 0.6) is 0 Å². The van der Waals surface area contributed by atoms with Gasteiger partial charge in [0.15, 0.2) is 0 Å². The lowest BCUT2D eigenvalue weighted by Gasteiger charge is -2.28. The molecular weight excluding hydrogens is 206 g/mol. The Morgan fingerprint density at radius 3 is 2.59 bits per heavy atom. The van der Waals surface area contributed by atoms with Crippen molar-refractivity contribution in [2.75, 3.05) is 6.54 Å². The summed E-state index contributed by atoms with van der Waals surface area (Å²) in [5.41, 5.74) is 3.17. The topological polar surface area (TPSA) is 12.0 Å². The first kappa shape index (κ1) is 14.2. The van der Waals surface area contributed by atoms with Crippen LogP contribution in [-0.2, 0) is 6.42 Å². The number of aryl methyl sites for hydroxylation is 1. The molecule has 0 fully saturated rings. The van der Waals surface area contributed by atoms with Crippen LogP contribution in [0.25, 0.3) is 0 Å². The molecule has 0 amide bonds. The Balaban J connectivity index is 2.59. The predicted octanol–water partition coefficient (Wildman–Crippen LogP) is 3.95. The lowest BCUT2D eigenvalue weighted by Crippen LogP contribution is -2.32. The van der Waals surface area contributed by atoms with Crippen molar-refractivity contribution in [1.29, 1.82) is 0 Å². The van der Waals surface area contributed by atoms with E-state index in [0.29, 0.717) is 11.5 Å². The highest BCUT2D eigenvalue weighted by Gasteiger charge is 2.21. The summed E-state index contributed by atoms with van der Waals surface area (Å²) in [4.78, 5) is 0. The maximum atomic E-state index is 3.50. The number of nitrogens with one attached hydrogen (secondary N) is 1. The molecule has 0 aliphatic heterocycles. The van der Waals surface area contributed by atoms with Crippen molar-refractivity contribution in [2.24, 2.45) is 5.41 Å². The van der Waals surface area contributed by atoms with Crippen molar-refractivity contribution in [3.8, 4) is 0 Å². The smallest absolute Gasteiger partial charge is 0.00438 e. The summed E-state index contributed by atoms with van der Waals surface area (Å²) in [5, 5.41) is 3.50. The van der Waals surface area contributed by atoms with Gasteiger partial charge in [0.1, 0.15) is 0 Å². The Hall–Kier alpha value is -0.820. The number of benzene rings is 1. The monoisotopic (exact) mass is 233 g/mol. The molecule has 0 aliphatic carbocycles. The molecule has 0 heterocycles. The number of hydrogen-bond donors (Lipinski definition) is 1. The molecule has 17 heavy (non-hydrogen) atoms. The second-order valence-corrected chi connectivity index (χ2v) is 5.99. The van der Waals surface area contributed by atoms with Crippen LogP contribution < -0.4 is 5.32 Å². The summed E-state index contributed by atoms with van der Waals surface area (Å²) >= 11 is 0. The summed E-state index contributed by atoms with van der Waals surface area (Å²) in [6, 6.07) is 9.47. The zero-order chi connectivity index (χ0) is 12.9. The van der Waals surface area contributed by atoms with E-state index < -0.39 is 0 Å². The molecule has 0 bridgehead atoms. The van der Waals surface area contributed by atoms with Crippen LogP contribution in [0.4, 0.5) is 0 Å². The van der Waals surface area contributed by atoms with Crippen molar-refractivity contribution in [1.82, 2.24) is 5.32 Å². The minimum absolute atomic E-state index is 0.357. The molecule has 1 heteroatoms. The quantitative estimate of drug-likeness (QED) is 0.784. The molecule has 1 nitrogen and oxygen atoms in total. The Kier molecular flexibility index (Phi) is 5.20. The van der Waals surface area contributed by atoms with Gasteiger partial charge in [0, 0.05) is 6.04 Å². The van der Waals surface area contributed by atoms with Gasteiger partial charge in [-0.15, -0.1) is 0 Å². The molecule has 0 radical (unpaired) electrons. The first-order chi connectivity index (χ1) is 7.93. The van der Waals surface area contributed by atoms with E-state index in [0.717, 1.165) is 13.0 Å². The normalized spacial score (nSPS) is 13.7. The highest BCUT2D eigenvalue weighted by atomic mass is 14.9. The van der Waals surface area contributed by atoms with Crippen LogP contribution in [0.2, 0.25) is 0 Å². The Labute approximate surface area is 107 Å². The van der Waals surface area contributed by atoms with Crippen molar-refractivity contribution < 1.29 is 0 Å². The summed E-state index contributed by atoms with van der Waals surface area (Å²) in [6.07, 6.45) is 2.37. The van der Waals surface area contributed by atoms with Gasteiger partial charge < -0.3 is 5.32 Å². The third-order valence-corrected chi connectivity index (χ3v) is 3.18.